The van der Waals surface area contributed by atoms with Crippen LogP contribution in [0.5, 0.6) is 5.75 Å². The third-order valence-corrected chi connectivity index (χ3v) is 4.70. The maximum absolute atomic E-state index is 13.1. The molecule has 0 aromatic heterocycles. The topological polar surface area (TPSA) is 67.9 Å². The van der Waals surface area contributed by atoms with Crippen LogP contribution >= 0.6 is 0 Å². The fraction of sp³-hybridized carbons (Fsp3) is 0.391. The van der Waals surface area contributed by atoms with Crippen molar-refractivity contribution in [2.45, 2.75) is 32.4 Å². The first-order valence-electron chi connectivity index (χ1n) is 9.78. The van der Waals surface area contributed by atoms with Crippen LogP contribution in [0.25, 0.3) is 0 Å². The van der Waals surface area contributed by atoms with E-state index in [0.29, 0.717) is 19.7 Å². The number of ether oxygens (including phenoxy) is 2. The molecule has 1 atom stereocenters. The molecule has 2 aromatic rings. The molecule has 0 spiro atoms. The largest absolute Gasteiger partial charge is 0.497 e. The fourth-order valence-electron chi connectivity index (χ4n) is 2.96. The Kier molecular flexibility index (Phi) is 9.18. The molecule has 0 fully saturated rings. The van der Waals surface area contributed by atoms with Gasteiger partial charge >= 0.3 is 0 Å². The number of rotatable bonds is 11. The quantitative estimate of drug-likeness (QED) is 0.591. The van der Waals surface area contributed by atoms with Crippen LogP contribution in [-0.4, -0.2) is 50.1 Å². The van der Waals surface area contributed by atoms with E-state index in [1.165, 1.54) is 0 Å². The second-order valence-corrected chi connectivity index (χ2v) is 6.85. The highest BCUT2D eigenvalue weighted by atomic mass is 16.5. The average molecular weight is 399 g/mol. The number of benzene rings is 2. The van der Waals surface area contributed by atoms with Gasteiger partial charge in [0, 0.05) is 26.8 Å². The van der Waals surface area contributed by atoms with Crippen molar-refractivity contribution in [2.24, 2.45) is 0 Å². The summed E-state index contributed by atoms with van der Waals surface area (Å²) in [5.74, 6) is 0.488. The van der Waals surface area contributed by atoms with E-state index >= 15 is 0 Å². The van der Waals surface area contributed by atoms with Gasteiger partial charge < -0.3 is 19.7 Å². The van der Waals surface area contributed by atoms with Crippen LogP contribution in [-0.2, 0) is 27.3 Å². The van der Waals surface area contributed by atoms with Crippen LogP contribution in [0.15, 0.2) is 54.6 Å². The van der Waals surface area contributed by atoms with E-state index in [1.54, 1.807) is 26.0 Å². The standard InChI is InChI=1S/C23H30N2O4/c1-18(23(27)24-14-7-15-28-2)25(17-20-10-12-21(29-3)13-11-20)22(26)16-19-8-5-4-6-9-19/h4-6,8-13,18H,7,14-17H2,1-3H3,(H,24,27)/t18-/m1/s1. The molecule has 6 nitrogen and oxygen atoms in total. The highest BCUT2D eigenvalue weighted by Crippen LogP contribution is 2.16. The summed E-state index contributed by atoms with van der Waals surface area (Å²) in [4.78, 5) is 27.3. The maximum Gasteiger partial charge on any atom is 0.242 e. The molecule has 0 aliphatic carbocycles. The van der Waals surface area contributed by atoms with Crippen molar-refractivity contribution in [3.05, 3.63) is 65.7 Å². The Hall–Kier alpha value is -2.86. The Morgan fingerprint density at radius 1 is 1.00 bits per heavy atom. The first kappa shape index (κ1) is 22.4. The van der Waals surface area contributed by atoms with Crippen molar-refractivity contribution in [3.63, 3.8) is 0 Å². The lowest BCUT2D eigenvalue weighted by molar-refractivity contribution is -0.140. The van der Waals surface area contributed by atoms with E-state index < -0.39 is 6.04 Å². The van der Waals surface area contributed by atoms with Gasteiger partial charge in [0.05, 0.1) is 13.5 Å². The molecule has 6 heteroatoms. The molecule has 0 radical (unpaired) electrons. The van der Waals surface area contributed by atoms with Crippen LogP contribution in [0.3, 0.4) is 0 Å². The summed E-state index contributed by atoms with van der Waals surface area (Å²) < 4.78 is 10.2. The number of carbonyl (C=O) groups is 2. The predicted octanol–water partition coefficient (Wildman–Crippen LogP) is 2.81. The van der Waals surface area contributed by atoms with Gasteiger partial charge in [-0.25, -0.2) is 0 Å². The minimum atomic E-state index is -0.587. The van der Waals surface area contributed by atoms with Gasteiger partial charge in [-0.15, -0.1) is 0 Å². The van der Waals surface area contributed by atoms with Crippen molar-refractivity contribution < 1.29 is 19.1 Å². The number of carbonyl (C=O) groups excluding carboxylic acids is 2. The molecule has 0 saturated heterocycles. The number of hydrogen-bond donors (Lipinski definition) is 1. The molecular weight excluding hydrogens is 368 g/mol. The summed E-state index contributed by atoms with van der Waals surface area (Å²) in [6.07, 6.45) is 0.976. The predicted molar refractivity (Wildman–Crippen MR) is 113 cm³/mol. The average Bonchev–Trinajstić information content (AvgIpc) is 2.75. The molecule has 156 valence electrons. The second kappa shape index (κ2) is 11.9. The number of nitrogens with zero attached hydrogens (tertiary/aromatic N) is 1. The first-order valence-corrected chi connectivity index (χ1v) is 9.78. The number of methoxy groups -OCH3 is 2. The SMILES string of the molecule is COCCCNC(=O)[C@@H](C)N(Cc1ccc(OC)cc1)C(=O)Cc1ccccc1. The minimum Gasteiger partial charge on any atom is -0.497 e. The maximum atomic E-state index is 13.1. The molecule has 0 aliphatic rings. The Morgan fingerprint density at radius 2 is 1.69 bits per heavy atom. The molecule has 2 rings (SSSR count). The van der Waals surface area contributed by atoms with Crippen LogP contribution in [0.1, 0.15) is 24.5 Å². The zero-order chi connectivity index (χ0) is 21.1. The Balaban J connectivity index is 2.12. The molecule has 0 saturated carbocycles. The molecule has 0 bridgehead atoms. The number of amides is 2. The summed E-state index contributed by atoms with van der Waals surface area (Å²) in [6.45, 7) is 3.21. The van der Waals surface area contributed by atoms with E-state index in [2.05, 4.69) is 5.32 Å². The summed E-state index contributed by atoms with van der Waals surface area (Å²) in [7, 11) is 3.24. The summed E-state index contributed by atoms with van der Waals surface area (Å²) in [6, 6.07) is 16.5. The number of nitrogens with one attached hydrogen (secondary N) is 1. The van der Waals surface area contributed by atoms with Crippen LogP contribution in [0, 0.1) is 0 Å². The fourth-order valence-corrected chi connectivity index (χ4v) is 2.96. The Bertz CT molecular complexity index is 762. The monoisotopic (exact) mass is 398 g/mol. The Labute approximate surface area is 172 Å². The van der Waals surface area contributed by atoms with Crippen molar-refractivity contribution >= 4 is 11.8 Å². The van der Waals surface area contributed by atoms with Crippen molar-refractivity contribution in [2.75, 3.05) is 27.4 Å². The van der Waals surface area contributed by atoms with Gasteiger partial charge in [-0.3, -0.25) is 9.59 Å². The lowest BCUT2D eigenvalue weighted by Crippen LogP contribution is -2.48. The van der Waals surface area contributed by atoms with E-state index in [9.17, 15) is 9.59 Å². The van der Waals surface area contributed by atoms with Crippen molar-refractivity contribution in [1.29, 1.82) is 0 Å². The van der Waals surface area contributed by atoms with Crippen molar-refractivity contribution in [1.82, 2.24) is 10.2 Å². The third-order valence-electron chi connectivity index (χ3n) is 4.70. The second-order valence-electron chi connectivity index (χ2n) is 6.85. The van der Waals surface area contributed by atoms with Crippen LogP contribution < -0.4 is 10.1 Å². The molecular formula is C23H30N2O4. The van der Waals surface area contributed by atoms with Gasteiger partial charge in [-0.05, 0) is 36.6 Å². The highest BCUT2D eigenvalue weighted by Gasteiger charge is 2.26. The lowest BCUT2D eigenvalue weighted by atomic mass is 10.1. The molecule has 2 amide bonds. The normalized spacial score (nSPS) is 11.6. The highest BCUT2D eigenvalue weighted by molar-refractivity contribution is 5.88. The third kappa shape index (κ3) is 7.23. The zero-order valence-corrected chi connectivity index (χ0v) is 17.4. The molecule has 1 N–H and O–H groups in total. The Morgan fingerprint density at radius 3 is 2.31 bits per heavy atom. The van der Waals surface area contributed by atoms with Gasteiger partial charge in [0.2, 0.25) is 11.8 Å². The van der Waals surface area contributed by atoms with Crippen LogP contribution in [0.2, 0.25) is 0 Å². The van der Waals surface area contributed by atoms with E-state index in [4.69, 9.17) is 9.47 Å². The summed E-state index contributed by atoms with van der Waals surface area (Å²) in [5, 5.41) is 2.89. The van der Waals surface area contributed by atoms with Gasteiger partial charge in [0.25, 0.3) is 0 Å². The smallest absolute Gasteiger partial charge is 0.242 e. The molecule has 0 aliphatic heterocycles. The van der Waals surface area contributed by atoms with Gasteiger partial charge in [0.15, 0.2) is 0 Å². The van der Waals surface area contributed by atoms with Gasteiger partial charge in [-0.2, -0.15) is 0 Å². The van der Waals surface area contributed by atoms with Crippen molar-refractivity contribution in [3.8, 4) is 5.75 Å². The summed E-state index contributed by atoms with van der Waals surface area (Å²) >= 11 is 0. The van der Waals surface area contributed by atoms with E-state index in [-0.39, 0.29) is 18.2 Å². The molecule has 0 unspecified atom stereocenters. The zero-order valence-electron chi connectivity index (χ0n) is 17.4. The molecule has 0 heterocycles. The van der Waals surface area contributed by atoms with Gasteiger partial charge in [-0.1, -0.05) is 42.5 Å². The first-order chi connectivity index (χ1) is 14.0. The minimum absolute atomic E-state index is 0.0911. The number of hydrogen-bond acceptors (Lipinski definition) is 4. The summed E-state index contributed by atoms with van der Waals surface area (Å²) in [5.41, 5.74) is 1.86. The molecule has 2 aromatic carbocycles. The van der Waals surface area contributed by atoms with Crippen LogP contribution in [0.4, 0.5) is 0 Å². The van der Waals surface area contributed by atoms with Gasteiger partial charge in [0.1, 0.15) is 11.8 Å². The lowest BCUT2D eigenvalue weighted by Gasteiger charge is -2.29. The van der Waals surface area contributed by atoms with E-state index in [1.807, 2.05) is 54.6 Å². The van der Waals surface area contributed by atoms with E-state index in [0.717, 1.165) is 23.3 Å². The molecule has 29 heavy (non-hydrogen) atoms.